The summed E-state index contributed by atoms with van der Waals surface area (Å²) in [6.07, 6.45) is 3.16. The summed E-state index contributed by atoms with van der Waals surface area (Å²) in [5, 5.41) is 1.36. The normalized spacial score (nSPS) is 15.1. The van der Waals surface area contributed by atoms with Crippen LogP contribution in [-0.2, 0) is 21.6 Å². The van der Waals surface area contributed by atoms with Gasteiger partial charge in [0.05, 0.1) is 26.5 Å². The molecule has 1 N–H and O–H groups in total. The topological polar surface area (TPSA) is 49.9 Å². The number of hydrogen-bond donors (Lipinski definition) is 1. The van der Waals surface area contributed by atoms with E-state index >= 15 is 0 Å². The highest BCUT2D eigenvalue weighted by Gasteiger charge is 2.19. The van der Waals surface area contributed by atoms with Crippen LogP contribution in [0.3, 0.4) is 0 Å². The fourth-order valence-electron chi connectivity index (χ4n) is 1.67. The SMILES string of the molecule is C[S@](=O)c1[nH]c2cc(Br)cc(Br)c2c1[S@@](C)=O. The van der Waals surface area contributed by atoms with Crippen LogP contribution in [0.1, 0.15) is 0 Å². The van der Waals surface area contributed by atoms with E-state index in [1.165, 1.54) is 0 Å². The second kappa shape index (κ2) is 4.95. The van der Waals surface area contributed by atoms with Crippen LogP contribution in [0.2, 0.25) is 0 Å². The summed E-state index contributed by atoms with van der Waals surface area (Å²) in [4.78, 5) is 3.68. The summed E-state index contributed by atoms with van der Waals surface area (Å²) in [7, 11) is -2.38. The van der Waals surface area contributed by atoms with E-state index < -0.39 is 21.6 Å². The molecule has 0 saturated heterocycles. The summed E-state index contributed by atoms with van der Waals surface area (Å²) < 4.78 is 25.2. The predicted molar refractivity (Wildman–Crippen MR) is 78.4 cm³/mol. The quantitative estimate of drug-likeness (QED) is 0.844. The Balaban J connectivity index is 2.95. The van der Waals surface area contributed by atoms with Crippen molar-refractivity contribution in [3.8, 4) is 0 Å². The molecule has 7 heteroatoms. The standard InChI is InChI=1S/C10H9Br2NO2S2/c1-16(14)9-8-6(12)3-5(11)4-7(8)13-10(9)17(2)15/h3-4,13H,1-2H3/t16-,17+/m1/s1. The molecule has 1 heterocycles. The first-order valence-electron chi connectivity index (χ1n) is 4.59. The van der Waals surface area contributed by atoms with Crippen molar-refractivity contribution < 1.29 is 8.42 Å². The Kier molecular flexibility index (Phi) is 3.92. The summed E-state index contributed by atoms with van der Waals surface area (Å²) in [5.74, 6) is 0. The molecule has 0 aliphatic heterocycles. The molecular formula is C10H9Br2NO2S2. The lowest BCUT2D eigenvalue weighted by molar-refractivity contribution is 0.677. The van der Waals surface area contributed by atoms with E-state index in [1.807, 2.05) is 12.1 Å². The number of halogens is 2. The zero-order valence-corrected chi connectivity index (χ0v) is 13.8. The van der Waals surface area contributed by atoms with E-state index in [-0.39, 0.29) is 0 Å². The van der Waals surface area contributed by atoms with Gasteiger partial charge in [0.15, 0.2) is 0 Å². The van der Waals surface area contributed by atoms with E-state index in [4.69, 9.17) is 0 Å². The van der Waals surface area contributed by atoms with Gasteiger partial charge in [-0.2, -0.15) is 0 Å². The van der Waals surface area contributed by atoms with Crippen molar-refractivity contribution in [3.63, 3.8) is 0 Å². The molecule has 0 amide bonds. The average molecular weight is 399 g/mol. The maximum Gasteiger partial charge on any atom is 0.121 e. The van der Waals surface area contributed by atoms with Crippen molar-refractivity contribution in [2.45, 2.75) is 9.92 Å². The van der Waals surface area contributed by atoms with Crippen LogP contribution < -0.4 is 0 Å². The van der Waals surface area contributed by atoms with Gasteiger partial charge in [0, 0.05) is 32.4 Å². The minimum absolute atomic E-state index is 0.527. The number of rotatable bonds is 2. The first kappa shape index (κ1) is 13.5. The number of nitrogens with one attached hydrogen (secondary N) is 1. The van der Waals surface area contributed by atoms with E-state index in [0.29, 0.717) is 9.92 Å². The van der Waals surface area contributed by atoms with Crippen LogP contribution in [0, 0.1) is 0 Å². The summed E-state index contributed by atoms with van der Waals surface area (Å²) in [6, 6.07) is 3.77. The van der Waals surface area contributed by atoms with Crippen molar-refractivity contribution >= 4 is 64.4 Å². The molecular weight excluding hydrogens is 390 g/mol. The van der Waals surface area contributed by atoms with Crippen molar-refractivity contribution in [3.05, 3.63) is 21.1 Å². The zero-order chi connectivity index (χ0) is 12.7. The monoisotopic (exact) mass is 397 g/mol. The van der Waals surface area contributed by atoms with Gasteiger partial charge >= 0.3 is 0 Å². The predicted octanol–water partition coefficient (Wildman–Crippen LogP) is 3.17. The van der Waals surface area contributed by atoms with E-state index in [0.717, 1.165) is 19.8 Å². The molecule has 92 valence electrons. The summed E-state index contributed by atoms with van der Waals surface area (Å²) >= 11 is 6.84. The van der Waals surface area contributed by atoms with E-state index in [9.17, 15) is 8.42 Å². The minimum Gasteiger partial charge on any atom is -0.347 e. The highest BCUT2D eigenvalue weighted by atomic mass is 79.9. The number of aromatic nitrogens is 1. The Bertz CT molecular complexity index is 651. The minimum atomic E-state index is -1.19. The van der Waals surface area contributed by atoms with Gasteiger partial charge in [-0.3, -0.25) is 8.42 Å². The molecule has 0 saturated carbocycles. The summed E-state index contributed by atoms with van der Waals surface area (Å²) in [5.41, 5.74) is 0.821. The van der Waals surface area contributed by atoms with Gasteiger partial charge in [0.2, 0.25) is 0 Å². The zero-order valence-electron chi connectivity index (χ0n) is 9.04. The maximum absolute atomic E-state index is 11.8. The molecule has 0 radical (unpaired) electrons. The highest BCUT2D eigenvalue weighted by molar-refractivity contribution is 9.11. The Hall–Kier alpha value is 0.0200. The van der Waals surface area contributed by atoms with Gasteiger partial charge in [-0.1, -0.05) is 31.9 Å². The van der Waals surface area contributed by atoms with Gasteiger partial charge in [-0.15, -0.1) is 0 Å². The van der Waals surface area contributed by atoms with Crippen LogP contribution in [0.25, 0.3) is 10.9 Å². The second-order valence-electron chi connectivity index (χ2n) is 3.50. The smallest absolute Gasteiger partial charge is 0.121 e. The first-order valence-corrected chi connectivity index (χ1v) is 9.29. The fourth-order valence-corrected chi connectivity index (χ4v) is 5.37. The molecule has 2 rings (SSSR count). The third-order valence-electron chi connectivity index (χ3n) is 2.31. The Morgan fingerprint density at radius 3 is 2.29 bits per heavy atom. The highest BCUT2D eigenvalue weighted by Crippen LogP contribution is 2.35. The van der Waals surface area contributed by atoms with Gasteiger partial charge in [-0.05, 0) is 12.1 Å². The number of H-pyrrole nitrogens is 1. The number of benzene rings is 1. The Morgan fingerprint density at radius 1 is 1.12 bits per heavy atom. The van der Waals surface area contributed by atoms with Crippen molar-refractivity contribution in [2.24, 2.45) is 0 Å². The van der Waals surface area contributed by atoms with Gasteiger partial charge in [0.1, 0.15) is 5.03 Å². The molecule has 0 aliphatic rings. The fraction of sp³-hybridized carbons (Fsp3) is 0.200. The second-order valence-corrected chi connectivity index (χ2v) is 7.90. The van der Waals surface area contributed by atoms with E-state index in [2.05, 4.69) is 36.8 Å². The maximum atomic E-state index is 11.8. The Morgan fingerprint density at radius 2 is 1.76 bits per heavy atom. The van der Waals surface area contributed by atoms with Crippen LogP contribution in [0.5, 0.6) is 0 Å². The van der Waals surface area contributed by atoms with Gasteiger partial charge in [-0.25, -0.2) is 0 Å². The molecule has 17 heavy (non-hydrogen) atoms. The van der Waals surface area contributed by atoms with Crippen LogP contribution in [0.15, 0.2) is 31.0 Å². The third-order valence-corrected chi connectivity index (χ3v) is 5.39. The molecule has 3 nitrogen and oxygen atoms in total. The van der Waals surface area contributed by atoms with Gasteiger partial charge in [0.25, 0.3) is 0 Å². The molecule has 1 aromatic carbocycles. The molecule has 0 spiro atoms. The number of aromatic amines is 1. The lowest BCUT2D eigenvalue weighted by Gasteiger charge is -2.00. The van der Waals surface area contributed by atoms with Crippen molar-refractivity contribution in [2.75, 3.05) is 12.5 Å². The lowest BCUT2D eigenvalue weighted by atomic mass is 10.2. The summed E-state index contributed by atoms with van der Waals surface area (Å²) in [6.45, 7) is 0. The van der Waals surface area contributed by atoms with Crippen molar-refractivity contribution in [1.29, 1.82) is 0 Å². The van der Waals surface area contributed by atoms with Crippen LogP contribution >= 0.6 is 31.9 Å². The van der Waals surface area contributed by atoms with E-state index in [1.54, 1.807) is 12.5 Å². The molecule has 0 unspecified atom stereocenters. The number of fused-ring (bicyclic) bond motifs is 1. The average Bonchev–Trinajstić information content (AvgIpc) is 2.56. The van der Waals surface area contributed by atoms with Gasteiger partial charge < -0.3 is 4.98 Å². The largest absolute Gasteiger partial charge is 0.347 e. The molecule has 0 bridgehead atoms. The molecule has 0 fully saturated rings. The molecule has 0 aliphatic carbocycles. The van der Waals surface area contributed by atoms with Crippen LogP contribution in [-0.4, -0.2) is 25.9 Å². The first-order chi connectivity index (χ1) is 7.91. The Labute approximate surface area is 121 Å². The van der Waals surface area contributed by atoms with Crippen molar-refractivity contribution in [1.82, 2.24) is 4.98 Å². The number of hydrogen-bond acceptors (Lipinski definition) is 2. The molecule has 2 atom stereocenters. The lowest BCUT2D eigenvalue weighted by Crippen LogP contribution is -1.95. The molecule has 1 aromatic heterocycles. The third kappa shape index (κ3) is 2.43. The van der Waals surface area contributed by atoms with Crippen LogP contribution in [0.4, 0.5) is 0 Å². The molecule has 2 aromatic rings.